The predicted molar refractivity (Wildman–Crippen MR) is 126 cm³/mol. The maximum absolute atomic E-state index is 11.3. The summed E-state index contributed by atoms with van der Waals surface area (Å²) in [6.45, 7) is 4.65. The first kappa shape index (κ1) is 22.0. The Morgan fingerprint density at radius 3 is 2.68 bits per heavy atom. The van der Waals surface area contributed by atoms with Crippen molar-refractivity contribution in [3.8, 4) is 0 Å². The van der Waals surface area contributed by atoms with Gasteiger partial charge < -0.3 is 21.3 Å². The van der Waals surface area contributed by atoms with Gasteiger partial charge in [-0.05, 0) is 43.2 Å². The summed E-state index contributed by atoms with van der Waals surface area (Å²) in [6, 6.07) is 16.3. The highest BCUT2D eigenvalue weighted by molar-refractivity contribution is 14.0. The third-order valence-electron chi connectivity index (χ3n) is 4.82. The number of aryl methyl sites for hydroxylation is 1. The van der Waals surface area contributed by atoms with Crippen molar-refractivity contribution in [3.63, 3.8) is 0 Å². The SMILES string of the molecule is CN=C(NCc1cccc(C(N)=O)c1)NC1CCN(c2ccc(C)cc2)C1.I. The number of amides is 1. The van der Waals surface area contributed by atoms with Crippen molar-refractivity contribution >= 4 is 41.5 Å². The van der Waals surface area contributed by atoms with Gasteiger partial charge in [0, 0.05) is 44.0 Å². The van der Waals surface area contributed by atoms with E-state index in [1.165, 1.54) is 11.3 Å². The van der Waals surface area contributed by atoms with Crippen molar-refractivity contribution in [2.24, 2.45) is 10.7 Å². The number of carbonyl (C=O) groups is 1. The molecule has 28 heavy (non-hydrogen) atoms. The van der Waals surface area contributed by atoms with Crippen LogP contribution in [-0.4, -0.2) is 38.0 Å². The van der Waals surface area contributed by atoms with E-state index in [1.807, 2.05) is 12.1 Å². The molecule has 2 aromatic carbocycles. The lowest BCUT2D eigenvalue weighted by atomic mass is 10.1. The van der Waals surface area contributed by atoms with Crippen molar-refractivity contribution in [2.45, 2.75) is 25.9 Å². The molecule has 1 aliphatic heterocycles. The summed E-state index contributed by atoms with van der Waals surface area (Å²) in [5, 5.41) is 6.80. The minimum Gasteiger partial charge on any atom is -0.369 e. The maximum Gasteiger partial charge on any atom is 0.248 e. The number of aliphatic imine (C=N–C) groups is 1. The van der Waals surface area contributed by atoms with E-state index in [0.717, 1.165) is 31.0 Å². The number of nitrogens with two attached hydrogens (primary N) is 1. The van der Waals surface area contributed by atoms with Crippen molar-refractivity contribution in [1.82, 2.24) is 10.6 Å². The standard InChI is InChI=1S/C21H27N5O.HI/c1-15-6-8-19(9-7-15)26-11-10-18(14-26)25-21(23-2)24-13-16-4-3-5-17(12-16)20(22)27;/h3-9,12,18H,10-11,13-14H2,1-2H3,(H2,22,27)(H2,23,24,25);1H. The Hall–Kier alpha value is -2.29. The number of anilines is 1. The van der Waals surface area contributed by atoms with Crippen molar-refractivity contribution in [3.05, 3.63) is 65.2 Å². The quantitative estimate of drug-likeness (QED) is 0.340. The molecule has 6 nitrogen and oxygen atoms in total. The lowest BCUT2D eigenvalue weighted by molar-refractivity contribution is 0.1000. The minimum atomic E-state index is -0.415. The molecule has 1 amide bonds. The molecule has 0 radical (unpaired) electrons. The van der Waals surface area contributed by atoms with E-state index < -0.39 is 5.91 Å². The van der Waals surface area contributed by atoms with Gasteiger partial charge in [0.1, 0.15) is 0 Å². The van der Waals surface area contributed by atoms with Gasteiger partial charge in [0.15, 0.2) is 5.96 Å². The number of nitrogens with zero attached hydrogens (tertiary/aromatic N) is 2. The molecule has 3 rings (SSSR count). The van der Waals surface area contributed by atoms with Crippen molar-refractivity contribution < 1.29 is 4.79 Å². The Bertz CT molecular complexity index is 822. The Morgan fingerprint density at radius 2 is 2.00 bits per heavy atom. The van der Waals surface area contributed by atoms with Crippen LogP contribution in [0.2, 0.25) is 0 Å². The molecule has 0 saturated carbocycles. The molecule has 0 spiro atoms. The number of hydrogen-bond donors (Lipinski definition) is 3. The van der Waals surface area contributed by atoms with Crippen molar-refractivity contribution in [1.29, 1.82) is 0 Å². The number of primary amides is 1. The summed E-state index contributed by atoms with van der Waals surface area (Å²) in [4.78, 5) is 18.0. The average molecular weight is 493 g/mol. The number of nitrogens with one attached hydrogen (secondary N) is 2. The van der Waals surface area contributed by atoms with Crippen LogP contribution in [0, 0.1) is 6.92 Å². The van der Waals surface area contributed by atoms with Crippen LogP contribution >= 0.6 is 24.0 Å². The van der Waals surface area contributed by atoms with Gasteiger partial charge in [-0.2, -0.15) is 0 Å². The second-order valence-corrected chi connectivity index (χ2v) is 6.90. The lowest BCUT2D eigenvalue weighted by Gasteiger charge is -2.20. The number of benzene rings is 2. The van der Waals surface area contributed by atoms with Crippen LogP contribution in [0.3, 0.4) is 0 Å². The second-order valence-electron chi connectivity index (χ2n) is 6.90. The van der Waals surface area contributed by atoms with Crippen LogP contribution in [0.1, 0.15) is 27.9 Å². The van der Waals surface area contributed by atoms with Gasteiger partial charge in [-0.15, -0.1) is 24.0 Å². The van der Waals surface area contributed by atoms with Crippen molar-refractivity contribution in [2.75, 3.05) is 25.0 Å². The first-order valence-corrected chi connectivity index (χ1v) is 9.22. The first-order valence-electron chi connectivity index (χ1n) is 9.22. The maximum atomic E-state index is 11.3. The molecule has 1 heterocycles. The third-order valence-corrected chi connectivity index (χ3v) is 4.82. The van der Waals surface area contributed by atoms with Crippen LogP contribution in [0.15, 0.2) is 53.5 Å². The van der Waals surface area contributed by atoms with E-state index in [2.05, 4.69) is 51.7 Å². The summed E-state index contributed by atoms with van der Waals surface area (Å²) in [5.74, 6) is 0.344. The van der Waals surface area contributed by atoms with Gasteiger partial charge in [-0.1, -0.05) is 29.8 Å². The largest absolute Gasteiger partial charge is 0.369 e. The summed E-state index contributed by atoms with van der Waals surface area (Å²) < 4.78 is 0. The fourth-order valence-corrected chi connectivity index (χ4v) is 3.28. The molecule has 1 unspecified atom stereocenters. The molecule has 0 aliphatic carbocycles. The number of hydrogen-bond acceptors (Lipinski definition) is 3. The fourth-order valence-electron chi connectivity index (χ4n) is 3.28. The molecule has 1 fully saturated rings. The second kappa shape index (κ2) is 10.3. The molecule has 0 aromatic heterocycles. The summed E-state index contributed by atoms with van der Waals surface area (Å²) in [7, 11) is 1.77. The fraction of sp³-hybridized carbons (Fsp3) is 0.333. The van der Waals surface area contributed by atoms with Crippen LogP contribution in [-0.2, 0) is 6.54 Å². The normalized spacial score (nSPS) is 16.4. The summed E-state index contributed by atoms with van der Waals surface area (Å²) in [6.07, 6.45) is 1.06. The molecule has 7 heteroatoms. The number of carbonyl (C=O) groups excluding carboxylic acids is 1. The molecular weight excluding hydrogens is 465 g/mol. The van der Waals surface area contributed by atoms with Gasteiger partial charge in [0.2, 0.25) is 5.91 Å². The van der Waals surface area contributed by atoms with Crippen LogP contribution < -0.4 is 21.3 Å². The molecule has 4 N–H and O–H groups in total. The molecule has 0 bridgehead atoms. The Morgan fingerprint density at radius 1 is 1.25 bits per heavy atom. The number of guanidine groups is 1. The molecule has 1 aliphatic rings. The Kier molecular flexibility index (Phi) is 8.10. The first-order chi connectivity index (χ1) is 13.0. The zero-order chi connectivity index (χ0) is 19.2. The zero-order valence-electron chi connectivity index (χ0n) is 16.3. The highest BCUT2D eigenvalue weighted by atomic mass is 127. The average Bonchev–Trinajstić information content (AvgIpc) is 3.14. The minimum absolute atomic E-state index is 0. The molecule has 1 atom stereocenters. The van der Waals surface area contributed by atoms with E-state index in [0.29, 0.717) is 18.2 Å². The van der Waals surface area contributed by atoms with Crippen LogP contribution in [0.4, 0.5) is 5.69 Å². The zero-order valence-corrected chi connectivity index (χ0v) is 18.6. The Labute approximate surface area is 183 Å². The summed E-state index contributed by atoms with van der Waals surface area (Å²) in [5.41, 5.74) is 9.38. The smallest absolute Gasteiger partial charge is 0.248 e. The van der Waals surface area contributed by atoms with Gasteiger partial charge in [0.25, 0.3) is 0 Å². The number of rotatable bonds is 5. The predicted octanol–water partition coefficient (Wildman–Crippen LogP) is 2.66. The molecule has 1 saturated heterocycles. The number of halogens is 1. The molecular formula is C21H28IN5O. The van der Waals surface area contributed by atoms with Gasteiger partial charge in [-0.25, -0.2) is 0 Å². The third kappa shape index (κ3) is 5.85. The summed E-state index contributed by atoms with van der Waals surface area (Å²) >= 11 is 0. The Balaban J connectivity index is 0.00000280. The highest BCUT2D eigenvalue weighted by Gasteiger charge is 2.23. The van der Waals surface area contributed by atoms with Crippen LogP contribution in [0.5, 0.6) is 0 Å². The van der Waals surface area contributed by atoms with E-state index in [9.17, 15) is 4.79 Å². The van der Waals surface area contributed by atoms with Gasteiger partial charge in [0.05, 0.1) is 0 Å². The van der Waals surface area contributed by atoms with E-state index in [4.69, 9.17) is 5.73 Å². The van der Waals surface area contributed by atoms with E-state index >= 15 is 0 Å². The van der Waals surface area contributed by atoms with Crippen LogP contribution in [0.25, 0.3) is 0 Å². The van der Waals surface area contributed by atoms with E-state index in [-0.39, 0.29) is 24.0 Å². The topological polar surface area (TPSA) is 82.7 Å². The monoisotopic (exact) mass is 493 g/mol. The highest BCUT2D eigenvalue weighted by Crippen LogP contribution is 2.20. The lowest BCUT2D eigenvalue weighted by Crippen LogP contribution is -2.44. The molecule has 2 aromatic rings. The van der Waals surface area contributed by atoms with E-state index in [1.54, 1.807) is 19.2 Å². The van der Waals surface area contributed by atoms with Gasteiger partial charge >= 0.3 is 0 Å². The van der Waals surface area contributed by atoms with Gasteiger partial charge in [-0.3, -0.25) is 9.79 Å². The molecule has 150 valence electrons.